The average Bonchev–Trinajstić information content (AvgIpc) is 2.57. The second-order valence-corrected chi connectivity index (χ2v) is 5.21. The minimum absolute atomic E-state index is 0.00589. The number of hydrogen-bond acceptors (Lipinski definition) is 1. The largest absolute Gasteiger partial charge is 0.256 e. The Morgan fingerprint density at radius 1 is 0.957 bits per heavy atom. The van der Waals surface area contributed by atoms with Crippen LogP contribution in [0.5, 0.6) is 0 Å². The van der Waals surface area contributed by atoms with E-state index in [0.29, 0.717) is 22.4 Å². The summed E-state index contributed by atoms with van der Waals surface area (Å²) in [5, 5.41) is -0.00589. The highest BCUT2D eigenvalue weighted by Crippen LogP contribution is 2.33. The van der Waals surface area contributed by atoms with Gasteiger partial charge in [0.1, 0.15) is 11.6 Å². The summed E-state index contributed by atoms with van der Waals surface area (Å²) >= 11 is 5.83. The lowest BCUT2D eigenvalue weighted by Crippen LogP contribution is -1.90. The van der Waals surface area contributed by atoms with Crippen molar-refractivity contribution >= 4 is 17.3 Å². The fraction of sp³-hybridized carbons (Fsp3) is 0. The fourth-order valence-corrected chi connectivity index (χ4v) is 2.46. The molecule has 112 valence electrons. The monoisotopic (exact) mass is 326 g/mol. The maximum atomic E-state index is 13.9. The second-order valence-electron chi connectivity index (χ2n) is 4.81. The van der Waals surface area contributed by atoms with E-state index >= 15 is 0 Å². The maximum absolute atomic E-state index is 13.9. The van der Waals surface area contributed by atoms with E-state index in [1.165, 1.54) is 24.3 Å². The van der Waals surface area contributed by atoms with Gasteiger partial charge >= 0.3 is 0 Å². The van der Waals surface area contributed by atoms with Crippen LogP contribution in [-0.4, -0.2) is 4.98 Å². The van der Waals surface area contributed by atoms with E-state index in [0.717, 1.165) is 0 Å². The zero-order valence-corrected chi connectivity index (χ0v) is 12.5. The molecule has 0 saturated carbocycles. The van der Waals surface area contributed by atoms with Crippen LogP contribution in [0.15, 0.2) is 54.7 Å². The smallest absolute Gasteiger partial charge is 0.222 e. The van der Waals surface area contributed by atoms with Crippen LogP contribution in [0.4, 0.5) is 14.5 Å². The van der Waals surface area contributed by atoms with Crippen LogP contribution in [0.1, 0.15) is 0 Å². The molecule has 3 rings (SSSR count). The molecule has 5 heteroatoms. The minimum atomic E-state index is -0.593. The average molecular weight is 327 g/mol. The summed E-state index contributed by atoms with van der Waals surface area (Å²) in [5.74, 6) is -1.11. The van der Waals surface area contributed by atoms with Crippen LogP contribution in [0.3, 0.4) is 0 Å². The van der Waals surface area contributed by atoms with Crippen molar-refractivity contribution in [3.63, 3.8) is 0 Å². The highest BCUT2D eigenvalue weighted by Gasteiger charge is 2.12. The third-order valence-electron chi connectivity index (χ3n) is 3.38. The zero-order valence-electron chi connectivity index (χ0n) is 11.7. The topological polar surface area (TPSA) is 17.2 Å². The lowest BCUT2D eigenvalue weighted by Gasteiger charge is -2.10. The quantitative estimate of drug-likeness (QED) is 0.536. The van der Waals surface area contributed by atoms with E-state index in [-0.39, 0.29) is 10.7 Å². The summed E-state index contributed by atoms with van der Waals surface area (Å²) in [4.78, 5) is 7.41. The van der Waals surface area contributed by atoms with Crippen LogP contribution in [-0.2, 0) is 0 Å². The molecule has 2 nitrogen and oxygen atoms in total. The number of hydrogen-bond donors (Lipinski definition) is 0. The summed E-state index contributed by atoms with van der Waals surface area (Å²) < 4.78 is 27.2. The van der Waals surface area contributed by atoms with E-state index in [1.807, 2.05) is 0 Å². The van der Waals surface area contributed by atoms with Crippen molar-refractivity contribution < 1.29 is 8.78 Å². The summed E-state index contributed by atoms with van der Waals surface area (Å²) in [7, 11) is 0. The van der Waals surface area contributed by atoms with Crippen molar-refractivity contribution in [3.05, 3.63) is 82.8 Å². The fourth-order valence-electron chi connectivity index (χ4n) is 2.28. The van der Waals surface area contributed by atoms with Crippen molar-refractivity contribution in [3.8, 4) is 22.4 Å². The SMILES string of the molecule is [C-]#[N+]c1ccc(-c2cccnc2-c2ccc(F)c(Cl)c2)cc1F. The van der Waals surface area contributed by atoms with Gasteiger partial charge in [0.25, 0.3) is 0 Å². The molecule has 23 heavy (non-hydrogen) atoms. The number of halogens is 3. The summed E-state index contributed by atoms with van der Waals surface area (Å²) in [6.07, 6.45) is 1.60. The molecule has 0 unspecified atom stereocenters. The molecule has 1 aromatic heterocycles. The molecule has 0 amide bonds. The minimum Gasteiger partial charge on any atom is -0.256 e. The first-order valence-electron chi connectivity index (χ1n) is 6.68. The molecule has 0 aliphatic carbocycles. The predicted octanol–water partition coefficient (Wildman–Crippen LogP) is 5.90. The van der Waals surface area contributed by atoms with Gasteiger partial charge in [0.05, 0.1) is 17.3 Å². The van der Waals surface area contributed by atoms with Gasteiger partial charge in [-0.2, -0.15) is 0 Å². The van der Waals surface area contributed by atoms with Crippen LogP contribution in [0.2, 0.25) is 5.02 Å². The molecule has 0 N–H and O–H groups in total. The molecule has 0 atom stereocenters. The normalized spacial score (nSPS) is 10.3. The van der Waals surface area contributed by atoms with Gasteiger partial charge in [0.2, 0.25) is 5.69 Å². The Morgan fingerprint density at radius 2 is 1.74 bits per heavy atom. The van der Waals surface area contributed by atoms with Crippen molar-refractivity contribution in [1.29, 1.82) is 0 Å². The molecule has 0 aliphatic heterocycles. The third-order valence-corrected chi connectivity index (χ3v) is 3.67. The Balaban J connectivity index is 2.17. The molecule has 3 aromatic rings. The third kappa shape index (κ3) is 2.92. The Labute approximate surface area is 136 Å². The lowest BCUT2D eigenvalue weighted by atomic mass is 9.99. The van der Waals surface area contributed by atoms with Gasteiger partial charge in [-0.3, -0.25) is 4.98 Å². The molecular weight excluding hydrogens is 318 g/mol. The van der Waals surface area contributed by atoms with Gasteiger partial charge in [-0.05, 0) is 35.9 Å². The van der Waals surface area contributed by atoms with Crippen molar-refractivity contribution in [2.24, 2.45) is 0 Å². The maximum Gasteiger partial charge on any atom is 0.222 e. The summed E-state index contributed by atoms with van der Waals surface area (Å²) in [6, 6.07) is 12.2. The number of aromatic nitrogens is 1. The molecule has 0 spiro atoms. The Bertz CT molecular complexity index is 933. The Morgan fingerprint density at radius 3 is 2.43 bits per heavy atom. The standard InChI is InChI=1S/C18H9ClF2N2/c1-22-17-7-5-11(10-16(17)21)13-3-2-8-23-18(13)12-4-6-15(20)14(19)9-12/h2-10H. The van der Waals surface area contributed by atoms with E-state index in [1.54, 1.807) is 30.5 Å². The Kier molecular flexibility index (Phi) is 4.05. The number of benzene rings is 2. The first kappa shape index (κ1) is 15.1. The first-order chi connectivity index (χ1) is 11.1. The van der Waals surface area contributed by atoms with E-state index < -0.39 is 11.6 Å². The molecule has 0 fully saturated rings. The predicted molar refractivity (Wildman–Crippen MR) is 86.3 cm³/mol. The van der Waals surface area contributed by atoms with Crippen LogP contribution >= 0.6 is 11.6 Å². The van der Waals surface area contributed by atoms with E-state index in [4.69, 9.17) is 18.2 Å². The van der Waals surface area contributed by atoms with Gasteiger partial charge in [-0.25, -0.2) is 13.6 Å². The van der Waals surface area contributed by atoms with Gasteiger partial charge in [0, 0.05) is 17.3 Å². The summed E-state index contributed by atoms with van der Waals surface area (Å²) in [5.41, 5.74) is 2.40. The molecule has 0 aliphatic rings. The van der Waals surface area contributed by atoms with E-state index in [2.05, 4.69) is 9.83 Å². The molecule has 0 radical (unpaired) electrons. The van der Waals surface area contributed by atoms with Crippen molar-refractivity contribution in [1.82, 2.24) is 4.98 Å². The zero-order chi connectivity index (χ0) is 16.4. The highest BCUT2D eigenvalue weighted by atomic mass is 35.5. The highest BCUT2D eigenvalue weighted by molar-refractivity contribution is 6.31. The lowest BCUT2D eigenvalue weighted by molar-refractivity contribution is 0.628. The van der Waals surface area contributed by atoms with Gasteiger partial charge in [-0.15, -0.1) is 0 Å². The van der Waals surface area contributed by atoms with Crippen LogP contribution in [0.25, 0.3) is 27.2 Å². The van der Waals surface area contributed by atoms with Gasteiger partial charge in [-0.1, -0.05) is 29.8 Å². The molecule has 0 saturated heterocycles. The van der Waals surface area contributed by atoms with Crippen LogP contribution < -0.4 is 0 Å². The molecule has 2 aromatic carbocycles. The van der Waals surface area contributed by atoms with Crippen molar-refractivity contribution in [2.75, 3.05) is 0 Å². The molecule has 1 heterocycles. The van der Waals surface area contributed by atoms with Crippen molar-refractivity contribution in [2.45, 2.75) is 0 Å². The molecule has 0 bridgehead atoms. The van der Waals surface area contributed by atoms with Gasteiger partial charge < -0.3 is 0 Å². The molecular formula is C18H9ClF2N2. The van der Waals surface area contributed by atoms with Gasteiger partial charge in [0.15, 0.2) is 0 Å². The number of pyridine rings is 1. The van der Waals surface area contributed by atoms with E-state index in [9.17, 15) is 8.78 Å². The number of rotatable bonds is 2. The van der Waals surface area contributed by atoms with Crippen LogP contribution in [0, 0.1) is 18.2 Å². The second kappa shape index (κ2) is 6.15. The number of nitrogens with zero attached hydrogens (tertiary/aromatic N) is 2. The first-order valence-corrected chi connectivity index (χ1v) is 7.06. The Hall–Kier alpha value is -2.77. The summed E-state index contributed by atoms with van der Waals surface area (Å²) in [6.45, 7) is 6.90.